The van der Waals surface area contributed by atoms with E-state index in [-0.39, 0.29) is 11.8 Å². The molecule has 24 heavy (non-hydrogen) atoms. The van der Waals surface area contributed by atoms with E-state index in [1.54, 1.807) is 17.0 Å². The number of piperidine rings is 1. The number of amides is 2. The first kappa shape index (κ1) is 16.2. The molecule has 1 fully saturated rings. The molecule has 1 aromatic heterocycles. The molecule has 2 amide bonds. The lowest BCUT2D eigenvalue weighted by Gasteiger charge is -2.39. The van der Waals surface area contributed by atoms with Crippen LogP contribution in [0.25, 0.3) is 0 Å². The van der Waals surface area contributed by atoms with Crippen LogP contribution in [0.5, 0.6) is 0 Å². The van der Waals surface area contributed by atoms with Gasteiger partial charge in [-0.1, -0.05) is 23.4 Å². The molecule has 126 valence electrons. The minimum Gasteiger partial charge on any atom is -0.362 e. The van der Waals surface area contributed by atoms with E-state index < -0.39 is 5.41 Å². The van der Waals surface area contributed by atoms with Gasteiger partial charge in [0.15, 0.2) is 5.82 Å². The molecule has 0 radical (unpaired) electrons. The van der Waals surface area contributed by atoms with Crippen molar-refractivity contribution >= 4 is 17.6 Å². The Labute approximate surface area is 140 Å². The maximum atomic E-state index is 12.7. The standard InChI is InChI=1S/C18H21N3O3/c1-13-11-24-20-15(13)19-17(23)18(2)9-6-10-21(12-18)16(22)14-7-4-3-5-8-14/h3-5,7-8,11H,6,9-10,12H2,1-2H3,(H,19,20,23). The Bertz CT molecular complexity index is 741. The van der Waals surface area contributed by atoms with Crippen molar-refractivity contribution in [2.24, 2.45) is 5.41 Å². The van der Waals surface area contributed by atoms with Crippen molar-refractivity contribution in [3.05, 3.63) is 47.7 Å². The molecule has 0 aliphatic carbocycles. The van der Waals surface area contributed by atoms with Crippen molar-refractivity contribution in [1.29, 1.82) is 0 Å². The van der Waals surface area contributed by atoms with Gasteiger partial charge in [0.05, 0.1) is 5.41 Å². The lowest BCUT2D eigenvalue weighted by molar-refractivity contribution is -0.127. The third-order valence-electron chi connectivity index (χ3n) is 4.53. The van der Waals surface area contributed by atoms with E-state index in [2.05, 4.69) is 10.5 Å². The Morgan fingerprint density at radius 1 is 1.29 bits per heavy atom. The maximum Gasteiger partial charge on any atom is 0.253 e. The number of likely N-dealkylation sites (tertiary alicyclic amines) is 1. The Kier molecular flexibility index (Phi) is 4.38. The molecule has 1 N–H and O–H groups in total. The fourth-order valence-corrected chi connectivity index (χ4v) is 3.03. The van der Waals surface area contributed by atoms with Crippen LogP contribution < -0.4 is 5.32 Å². The predicted octanol–water partition coefficient (Wildman–Crippen LogP) is 2.86. The summed E-state index contributed by atoms with van der Waals surface area (Å²) in [5.41, 5.74) is 0.781. The molecule has 6 heteroatoms. The third kappa shape index (κ3) is 3.18. The van der Waals surface area contributed by atoms with Gasteiger partial charge in [-0.2, -0.15) is 0 Å². The van der Waals surface area contributed by atoms with Gasteiger partial charge in [-0.25, -0.2) is 0 Å². The first-order valence-electron chi connectivity index (χ1n) is 8.06. The summed E-state index contributed by atoms with van der Waals surface area (Å²) in [7, 11) is 0. The highest BCUT2D eigenvalue weighted by Crippen LogP contribution is 2.32. The van der Waals surface area contributed by atoms with E-state index in [9.17, 15) is 9.59 Å². The van der Waals surface area contributed by atoms with Crippen LogP contribution in [0.4, 0.5) is 5.82 Å². The lowest BCUT2D eigenvalue weighted by Crippen LogP contribution is -2.50. The lowest BCUT2D eigenvalue weighted by atomic mass is 9.80. The Hall–Kier alpha value is -2.63. The molecule has 0 saturated carbocycles. The zero-order valence-electron chi connectivity index (χ0n) is 13.9. The van der Waals surface area contributed by atoms with Gasteiger partial charge < -0.3 is 14.7 Å². The summed E-state index contributed by atoms with van der Waals surface area (Å²) in [6.07, 6.45) is 3.01. The van der Waals surface area contributed by atoms with Crippen LogP contribution in [0.15, 0.2) is 41.1 Å². The van der Waals surface area contributed by atoms with Gasteiger partial charge in [0.2, 0.25) is 5.91 Å². The number of aryl methyl sites for hydroxylation is 1. The van der Waals surface area contributed by atoms with E-state index in [1.165, 1.54) is 6.26 Å². The molecule has 1 atom stereocenters. The fraction of sp³-hybridized carbons (Fsp3) is 0.389. The smallest absolute Gasteiger partial charge is 0.253 e. The fourth-order valence-electron chi connectivity index (χ4n) is 3.03. The van der Waals surface area contributed by atoms with E-state index in [4.69, 9.17) is 4.52 Å². The predicted molar refractivity (Wildman–Crippen MR) is 89.6 cm³/mol. The molecule has 1 unspecified atom stereocenters. The highest BCUT2D eigenvalue weighted by Gasteiger charge is 2.40. The normalized spacial score (nSPS) is 20.7. The van der Waals surface area contributed by atoms with Crippen molar-refractivity contribution in [2.75, 3.05) is 18.4 Å². The first-order chi connectivity index (χ1) is 11.5. The minimum atomic E-state index is -0.645. The molecule has 0 spiro atoms. The molecule has 3 rings (SSSR count). The maximum absolute atomic E-state index is 12.7. The van der Waals surface area contributed by atoms with E-state index in [0.717, 1.165) is 18.4 Å². The van der Waals surface area contributed by atoms with Crippen LogP contribution >= 0.6 is 0 Å². The molecule has 0 bridgehead atoms. The highest BCUT2D eigenvalue weighted by atomic mass is 16.5. The summed E-state index contributed by atoms with van der Waals surface area (Å²) in [6.45, 7) is 4.77. The van der Waals surface area contributed by atoms with Gasteiger partial charge in [-0.15, -0.1) is 0 Å². The van der Waals surface area contributed by atoms with Gasteiger partial charge in [-0.05, 0) is 38.8 Å². The number of hydrogen-bond acceptors (Lipinski definition) is 4. The van der Waals surface area contributed by atoms with Crippen LogP contribution in [-0.4, -0.2) is 35.0 Å². The summed E-state index contributed by atoms with van der Waals surface area (Å²) in [4.78, 5) is 27.1. The number of nitrogens with zero attached hydrogens (tertiary/aromatic N) is 2. The number of carbonyl (C=O) groups is 2. The Balaban J connectivity index is 1.73. The molecule has 2 aromatic rings. The Morgan fingerprint density at radius 3 is 2.71 bits per heavy atom. The van der Waals surface area contributed by atoms with Gasteiger partial charge in [0.1, 0.15) is 6.26 Å². The molecule has 1 aliphatic rings. The second-order valence-electron chi connectivity index (χ2n) is 6.56. The zero-order chi connectivity index (χ0) is 17.2. The summed E-state index contributed by atoms with van der Waals surface area (Å²) in [5.74, 6) is 0.268. The van der Waals surface area contributed by atoms with Crippen LogP contribution in [0.2, 0.25) is 0 Å². The topological polar surface area (TPSA) is 75.4 Å². The zero-order valence-corrected chi connectivity index (χ0v) is 13.9. The number of anilines is 1. The minimum absolute atomic E-state index is 0.0352. The summed E-state index contributed by atoms with van der Waals surface area (Å²) in [5, 5.41) is 6.61. The monoisotopic (exact) mass is 327 g/mol. The average molecular weight is 327 g/mol. The molecular formula is C18H21N3O3. The largest absolute Gasteiger partial charge is 0.362 e. The number of rotatable bonds is 3. The quantitative estimate of drug-likeness (QED) is 0.940. The number of carbonyl (C=O) groups excluding carboxylic acids is 2. The van der Waals surface area contributed by atoms with Gasteiger partial charge in [-0.3, -0.25) is 9.59 Å². The van der Waals surface area contributed by atoms with Crippen LogP contribution in [-0.2, 0) is 4.79 Å². The molecule has 2 heterocycles. The van der Waals surface area contributed by atoms with Crippen molar-refractivity contribution in [3.63, 3.8) is 0 Å². The third-order valence-corrected chi connectivity index (χ3v) is 4.53. The van der Waals surface area contributed by atoms with Gasteiger partial charge in [0.25, 0.3) is 5.91 Å². The van der Waals surface area contributed by atoms with Crippen LogP contribution in [0.1, 0.15) is 35.7 Å². The summed E-state index contributed by atoms with van der Waals surface area (Å²) >= 11 is 0. The molecular weight excluding hydrogens is 306 g/mol. The van der Waals surface area contributed by atoms with E-state index in [1.807, 2.05) is 32.0 Å². The summed E-state index contributed by atoms with van der Waals surface area (Å²) < 4.78 is 4.85. The van der Waals surface area contributed by atoms with Gasteiger partial charge in [0, 0.05) is 24.2 Å². The Morgan fingerprint density at radius 2 is 2.04 bits per heavy atom. The number of hydrogen-bond donors (Lipinski definition) is 1. The van der Waals surface area contributed by atoms with E-state index >= 15 is 0 Å². The molecule has 1 aliphatic heterocycles. The highest BCUT2D eigenvalue weighted by molar-refractivity contribution is 5.97. The van der Waals surface area contributed by atoms with Crippen LogP contribution in [0.3, 0.4) is 0 Å². The van der Waals surface area contributed by atoms with Crippen molar-refractivity contribution in [1.82, 2.24) is 10.1 Å². The van der Waals surface area contributed by atoms with Crippen molar-refractivity contribution in [2.45, 2.75) is 26.7 Å². The van der Waals surface area contributed by atoms with Gasteiger partial charge >= 0.3 is 0 Å². The molecule has 1 saturated heterocycles. The molecule has 1 aromatic carbocycles. The summed E-state index contributed by atoms with van der Waals surface area (Å²) in [6, 6.07) is 9.16. The average Bonchev–Trinajstić information content (AvgIpc) is 3.00. The van der Waals surface area contributed by atoms with Crippen LogP contribution in [0, 0.1) is 12.3 Å². The first-order valence-corrected chi connectivity index (χ1v) is 8.06. The molecule has 6 nitrogen and oxygen atoms in total. The number of benzene rings is 1. The van der Waals surface area contributed by atoms with E-state index in [0.29, 0.717) is 24.5 Å². The van der Waals surface area contributed by atoms with Crippen molar-refractivity contribution < 1.29 is 14.1 Å². The second-order valence-corrected chi connectivity index (χ2v) is 6.56. The number of aromatic nitrogens is 1. The van der Waals surface area contributed by atoms with Crippen molar-refractivity contribution in [3.8, 4) is 0 Å². The SMILES string of the molecule is Cc1conc1NC(=O)C1(C)CCCN(C(=O)c2ccccc2)C1. The number of nitrogens with one attached hydrogen (secondary N) is 1. The second kappa shape index (κ2) is 6.47.